The number of aromatic nitrogens is 1. The molecule has 0 aliphatic heterocycles. The summed E-state index contributed by atoms with van der Waals surface area (Å²) in [7, 11) is 3.12. The molecule has 0 amide bonds. The lowest BCUT2D eigenvalue weighted by molar-refractivity contribution is 0.267. The molecule has 5 nitrogen and oxygen atoms in total. The van der Waals surface area contributed by atoms with Crippen LogP contribution in [0, 0.1) is 0 Å². The topological polar surface area (TPSA) is 60.8 Å². The quantitative estimate of drug-likeness (QED) is 0.847. The Bertz CT molecular complexity index is 547. The average Bonchev–Trinajstić information content (AvgIpc) is 2.55. The zero-order valence-electron chi connectivity index (χ0n) is 12.2. The Morgan fingerprint density at radius 1 is 1.10 bits per heavy atom. The van der Waals surface area contributed by atoms with Gasteiger partial charge < -0.3 is 19.3 Å². The van der Waals surface area contributed by atoms with E-state index >= 15 is 0 Å². The highest BCUT2D eigenvalue weighted by Crippen LogP contribution is 2.38. The number of methoxy groups -OCH3 is 2. The van der Waals surface area contributed by atoms with Crippen molar-refractivity contribution in [2.45, 2.75) is 13.0 Å². The van der Waals surface area contributed by atoms with Gasteiger partial charge in [-0.25, -0.2) is 0 Å². The van der Waals surface area contributed by atoms with Crippen molar-refractivity contribution in [1.82, 2.24) is 4.98 Å². The van der Waals surface area contributed by atoms with Crippen LogP contribution in [-0.4, -0.2) is 30.9 Å². The van der Waals surface area contributed by atoms with Gasteiger partial charge in [-0.05, 0) is 29.3 Å². The molecule has 2 aromatic rings. The van der Waals surface area contributed by atoms with Crippen LogP contribution in [0.2, 0.25) is 0 Å². The van der Waals surface area contributed by atoms with Crippen molar-refractivity contribution < 1.29 is 19.3 Å². The Hall–Kier alpha value is -2.27. The first kappa shape index (κ1) is 15.1. The molecular weight excluding hydrogens is 270 g/mol. The molecule has 0 spiro atoms. The van der Waals surface area contributed by atoms with Crippen LogP contribution in [0.5, 0.6) is 17.2 Å². The summed E-state index contributed by atoms with van der Waals surface area (Å²) >= 11 is 0. The fourth-order valence-electron chi connectivity index (χ4n) is 1.98. The fraction of sp³-hybridized carbons (Fsp3) is 0.312. The van der Waals surface area contributed by atoms with E-state index in [1.54, 1.807) is 32.5 Å². The number of nitrogens with zero attached hydrogens (tertiary/aromatic N) is 1. The molecule has 0 saturated carbocycles. The van der Waals surface area contributed by atoms with Crippen LogP contribution >= 0.6 is 0 Å². The molecule has 5 heteroatoms. The Labute approximate surface area is 124 Å². The van der Waals surface area contributed by atoms with Gasteiger partial charge in [0.25, 0.3) is 0 Å². The van der Waals surface area contributed by atoms with E-state index in [0.717, 1.165) is 12.0 Å². The van der Waals surface area contributed by atoms with Crippen molar-refractivity contribution >= 4 is 0 Å². The third-order valence-corrected chi connectivity index (χ3v) is 3.06. The van der Waals surface area contributed by atoms with E-state index in [1.807, 2.05) is 18.3 Å². The minimum atomic E-state index is -0.0807. The van der Waals surface area contributed by atoms with E-state index < -0.39 is 0 Å². The van der Waals surface area contributed by atoms with Crippen LogP contribution in [0.15, 0.2) is 36.7 Å². The molecule has 1 N–H and O–H groups in total. The van der Waals surface area contributed by atoms with E-state index in [-0.39, 0.29) is 6.61 Å². The van der Waals surface area contributed by atoms with Crippen LogP contribution in [0.3, 0.4) is 0 Å². The monoisotopic (exact) mass is 289 g/mol. The first-order chi connectivity index (χ1) is 10.3. The van der Waals surface area contributed by atoms with Crippen LogP contribution < -0.4 is 14.2 Å². The van der Waals surface area contributed by atoms with Gasteiger partial charge in [0.2, 0.25) is 5.75 Å². The Morgan fingerprint density at radius 3 is 2.33 bits per heavy atom. The highest BCUT2D eigenvalue weighted by Gasteiger charge is 2.14. The molecule has 0 unspecified atom stereocenters. The SMILES string of the molecule is COc1cc(CO)cc(OC)c1OCCc1cccnc1. The van der Waals surface area contributed by atoms with E-state index in [4.69, 9.17) is 14.2 Å². The zero-order chi connectivity index (χ0) is 15.1. The molecule has 0 atom stereocenters. The number of hydrogen-bond donors (Lipinski definition) is 1. The normalized spacial score (nSPS) is 10.2. The van der Waals surface area contributed by atoms with Gasteiger partial charge >= 0.3 is 0 Å². The summed E-state index contributed by atoms with van der Waals surface area (Å²) in [6, 6.07) is 7.37. The van der Waals surface area contributed by atoms with E-state index in [2.05, 4.69) is 4.98 Å². The zero-order valence-corrected chi connectivity index (χ0v) is 12.2. The lowest BCUT2D eigenvalue weighted by Crippen LogP contribution is -2.05. The summed E-state index contributed by atoms with van der Waals surface area (Å²) < 4.78 is 16.4. The summed E-state index contributed by atoms with van der Waals surface area (Å²) in [5.41, 5.74) is 1.81. The lowest BCUT2D eigenvalue weighted by Gasteiger charge is -2.15. The number of rotatable bonds is 7. The van der Waals surface area contributed by atoms with Crippen LogP contribution in [0.25, 0.3) is 0 Å². The standard InChI is InChI=1S/C16H19NO4/c1-19-14-8-13(11-18)9-15(20-2)16(14)21-7-5-12-4-3-6-17-10-12/h3-4,6,8-10,18H,5,7,11H2,1-2H3. The number of aliphatic hydroxyl groups is 1. The Balaban J connectivity index is 2.11. The van der Waals surface area contributed by atoms with E-state index in [0.29, 0.717) is 29.4 Å². The molecule has 2 rings (SSSR count). The van der Waals surface area contributed by atoms with Crippen LogP contribution in [0.4, 0.5) is 0 Å². The van der Waals surface area contributed by atoms with Crippen molar-refractivity contribution in [3.63, 3.8) is 0 Å². The molecule has 1 aromatic carbocycles. The van der Waals surface area contributed by atoms with Crippen molar-refractivity contribution in [1.29, 1.82) is 0 Å². The van der Waals surface area contributed by atoms with Crippen molar-refractivity contribution in [3.05, 3.63) is 47.8 Å². The largest absolute Gasteiger partial charge is 0.493 e. The van der Waals surface area contributed by atoms with Gasteiger partial charge in [0.05, 0.1) is 27.4 Å². The summed E-state index contributed by atoms with van der Waals surface area (Å²) in [5.74, 6) is 1.63. The third kappa shape index (κ3) is 3.86. The van der Waals surface area contributed by atoms with Gasteiger partial charge in [-0.15, -0.1) is 0 Å². The van der Waals surface area contributed by atoms with Crippen molar-refractivity contribution in [2.75, 3.05) is 20.8 Å². The number of benzene rings is 1. The lowest BCUT2D eigenvalue weighted by atomic mass is 10.2. The minimum absolute atomic E-state index is 0.0807. The summed E-state index contributed by atoms with van der Waals surface area (Å²) in [6.45, 7) is 0.402. The fourth-order valence-corrected chi connectivity index (χ4v) is 1.98. The predicted molar refractivity (Wildman–Crippen MR) is 78.9 cm³/mol. The maximum Gasteiger partial charge on any atom is 0.203 e. The van der Waals surface area contributed by atoms with Gasteiger partial charge in [-0.1, -0.05) is 6.07 Å². The minimum Gasteiger partial charge on any atom is -0.493 e. The first-order valence-electron chi connectivity index (χ1n) is 6.66. The maximum absolute atomic E-state index is 9.23. The van der Waals surface area contributed by atoms with Crippen molar-refractivity contribution in [3.8, 4) is 17.2 Å². The second-order valence-electron chi connectivity index (χ2n) is 4.45. The maximum atomic E-state index is 9.23. The second-order valence-corrected chi connectivity index (χ2v) is 4.45. The molecule has 1 heterocycles. The molecule has 0 aliphatic rings. The summed E-state index contributed by atoms with van der Waals surface area (Å²) in [5, 5.41) is 9.23. The third-order valence-electron chi connectivity index (χ3n) is 3.06. The summed E-state index contributed by atoms with van der Waals surface area (Å²) in [6.07, 6.45) is 4.29. The van der Waals surface area contributed by atoms with E-state index in [1.165, 1.54) is 0 Å². The highest BCUT2D eigenvalue weighted by atomic mass is 16.5. The number of ether oxygens (including phenoxy) is 3. The highest BCUT2D eigenvalue weighted by molar-refractivity contribution is 5.53. The smallest absolute Gasteiger partial charge is 0.203 e. The molecule has 0 fully saturated rings. The molecular formula is C16H19NO4. The predicted octanol–water partition coefficient (Wildman–Crippen LogP) is 2.21. The Kier molecular flexibility index (Phi) is 5.40. The molecule has 0 saturated heterocycles. The van der Waals surface area contributed by atoms with Gasteiger partial charge in [-0.2, -0.15) is 0 Å². The molecule has 0 radical (unpaired) electrons. The second kappa shape index (κ2) is 7.50. The molecule has 21 heavy (non-hydrogen) atoms. The molecule has 0 aliphatic carbocycles. The average molecular weight is 289 g/mol. The Morgan fingerprint density at radius 2 is 1.81 bits per heavy atom. The number of pyridine rings is 1. The van der Waals surface area contributed by atoms with Gasteiger partial charge in [-0.3, -0.25) is 4.98 Å². The van der Waals surface area contributed by atoms with Crippen LogP contribution in [0.1, 0.15) is 11.1 Å². The molecule has 0 bridgehead atoms. The molecule has 112 valence electrons. The first-order valence-corrected chi connectivity index (χ1v) is 6.66. The number of aliphatic hydroxyl groups excluding tert-OH is 1. The van der Waals surface area contributed by atoms with E-state index in [9.17, 15) is 5.11 Å². The van der Waals surface area contributed by atoms with Crippen LogP contribution in [-0.2, 0) is 13.0 Å². The van der Waals surface area contributed by atoms with Gasteiger partial charge in [0, 0.05) is 18.8 Å². The molecule has 1 aromatic heterocycles. The van der Waals surface area contributed by atoms with Gasteiger partial charge in [0.15, 0.2) is 11.5 Å². The number of hydrogen-bond acceptors (Lipinski definition) is 5. The van der Waals surface area contributed by atoms with Gasteiger partial charge in [0.1, 0.15) is 0 Å². The van der Waals surface area contributed by atoms with Crippen molar-refractivity contribution in [2.24, 2.45) is 0 Å². The summed E-state index contributed by atoms with van der Waals surface area (Å²) in [4.78, 5) is 4.07.